The lowest BCUT2D eigenvalue weighted by Crippen LogP contribution is -2.14. The van der Waals surface area contributed by atoms with Crippen molar-refractivity contribution in [2.45, 2.75) is 46.7 Å². The van der Waals surface area contributed by atoms with Gasteiger partial charge in [0.1, 0.15) is 0 Å². The van der Waals surface area contributed by atoms with Crippen LogP contribution in [0.5, 0.6) is 0 Å². The highest BCUT2D eigenvalue weighted by atomic mass is 15.0. The molecule has 0 aliphatic heterocycles. The van der Waals surface area contributed by atoms with Gasteiger partial charge in [0, 0.05) is 24.8 Å². The summed E-state index contributed by atoms with van der Waals surface area (Å²) >= 11 is 0. The first-order chi connectivity index (χ1) is 10.1. The molecule has 0 fully saturated rings. The van der Waals surface area contributed by atoms with Crippen molar-refractivity contribution in [1.29, 1.82) is 5.26 Å². The first-order valence-corrected chi connectivity index (χ1v) is 7.75. The molecule has 2 rings (SSSR count). The Morgan fingerprint density at radius 2 is 2.10 bits per heavy atom. The Morgan fingerprint density at radius 3 is 2.81 bits per heavy atom. The van der Waals surface area contributed by atoms with Crippen molar-refractivity contribution in [2.24, 2.45) is 5.41 Å². The van der Waals surface area contributed by atoms with Crippen LogP contribution >= 0.6 is 0 Å². The maximum atomic E-state index is 9.13. The van der Waals surface area contributed by atoms with Gasteiger partial charge in [-0.05, 0) is 56.3 Å². The first-order valence-electron chi connectivity index (χ1n) is 7.75. The summed E-state index contributed by atoms with van der Waals surface area (Å²) < 4.78 is 2.26. The largest absolute Gasteiger partial charge is 0.347 e. The maximum Gasteiger partial charge on any atom is 0.0684 e. The zero-order valence-corrected chi connectivity index (χ0v) is 13.3. The highest BCUT2D eigenvalue weighted by Gasteiger charge is 2.16. The Bertz CT molecular complexity index is 631. The van der Waals surface area contributed by atoms with E-state index in [1.807, 2.05) is 13.8 Å². The summed E-state index contributed by atoms with van der Waals surface area (Å²) in [7, 11) is 0. The Balaban J connectivity index is 2.13. The van der Waals surface area contributed by atoms with E-state index in [2.05, 4.69) is 53.3 Å². The molecule has 0 radical (unpaired) electrons. The molecule has 112 valence electrons. The Kier molecular flexibility index (Phi) is 5.03. The quantitative estimate of drug-likeness (QED) is 0.778. The van der Waals surface area contributed by atoms with Crippen LogP contribution in [0.3, 0.4) is 0 Å². The summed E-state index contributed by atoms with van der Waals surface area (Å²) in [6, 6.07) is 11.2. The van der Waals surface area contributed by atoms with E-state index in [0.29, 0.717) is 0 Å². The molecule has 0 unspecified atom stereocenters. The third kappa shape index (κ3) is 4.09. The molecule has 0 spiro atoms. The lowest BCUT2D eigenvalue weighted by atomic mass is 9.91. The molecular formula is C18H25N3. The van der Waals surface area contributed by atoms with Crippen LogP contribution in [0.4, 0.5) is 0 Å². The van der Waals surface area contributed by atoms with Gasteiger partial charge in [0.15, 0.2) is 0 Å². The smallest absolute Gasteiger partial charge is 0.0684 e. The summed E-state index contributed by atoms with van der Waals surface area (Å²) in [5.41, 5.74) is 2.31. The van der Waals surface area contributed by atoms with Gasteiger partial charge in [0.05, 0.1) is 11.5 Å². The molecule has 0 aliphatic rings. The molecule has 0 saturated carbocycles. The van der Waals surface area contributed by atoms with Gasteiger partial charge < -0.3 is 9.88 Å². The average molecular weight is 283 g/mol. The normalized spacial score (nSPS) is 11.7. The number of fused-ring (bicyclic) bond motifs is 1. The van der Waals surface area contributed by atoms with E-state index in [1.165, 1.54) is 16.5 Å². The molecule has 0 aliphatic carbocycles. The van der Waals surface area contributed by atoms with Crippen LogP contribution in [0, 0.1) is 16.7 Å². The summed E-state index contributed by atoms with van der Waals surface area (Å²) in [5.74, 6) is 0. The van der Waals surface area contributed by atoms with Crippen LogP contribution < -0.4 is 5.32 Å². The molecule has 0 amide bonds. The highest BCUT2D eigenvalue weighted by molar-refractivity contribution is 5.80. The molecule has 1 aromatic heterocycles. The molecule has 0 bridgehead atoms. The minimum Gasteiger partial charge on any atom is -0.347 e. The van der Waals surface area contributed by atoms with Gasteiger partial charge in [-0.3, -0.25) is 0 Å². The summed E-state index contributed by atoms with van der Waals surface area (Å²) in [4.78, 5) is 0. The molecule has 21 heavy (non-hydrogen) atoms. The first kappa shape index (κ1) is 15.6. The van der Waals surface area contributed by atoms with E-state index in [1.54, 1.807) is 0 Å². The number of aryl methyl sites for hydroxylation is 1. The number of aromatic nitrogens is 1. The number of hydrogen-bond acceptors (Lipinski definition) is 2. The van der Waals surface area contributed by atoms with E-state index in [9.17, 15) is 0 Å². The van der Waals surface area contributed by atoms with Gasteiger partial charge in [-0.15, -0.1) is 0 Å². The summed E-state index contributed by atoms with van der Waals surface area (Å²) in [6.45, 7) is 9.03. The molecule has 3 heteroatoms. The SMILES string of the molecule is CCCNCc1ccc2ccn(CCC(C)(C)C#N)c2c1. The van der Waals surface area contributed by atoms with Crippen LogP contribution in [0.2, 0.25) is 0 Å². The molecule has 1 N–H and O–H groups in total. The molecule has 0 atom stereocenters. The van der Waals surface area contributed by atoms with Crippen molar-refractivity contribution in [3.05, 3.63) is 36.0 Å². The zero-order chi connectivity index (χ0) is 15.3. The topological polar surface area (TPSA) is 40.8 Å². The van der Waals surface area contributed by atoms with Gasteiger partial charge in [0.25, 0.3) is 0 Å². The maximum absolute atomic E-state index is 9.13. The standard InChI is InChI=1S/C18H25N3/c1-4-9-20-13-15-5-6-16-7-10-21(17(16)12-15)11-8-18(2,3)14-19/h5-7,10,12,20H,4,8-9,11,13H2,1-3H3. The van der Waals surface area contributed by atoms with E-state index in [0.717, 1.165) is 32.5 Å². The van der Waals surface area contributed by atoms with Crippen molar-refractivity contribution in [3.63, 3.8) is 0 Å². The third-order valence-corrected chi connectivity index (χ3v) is 3.87. The molecule has 2 aromatic rings. The lowest BCUT2D eigenvalue weighted by molar-refractivity contribution is 0.417. The number of nitrogens with one attached hydrogen (secondary N) is 1. The van der Waals surface area contributed by atoms with Crippen LogP contribution in [0.15, 0.2) is 30.5 Å². The Hall–Kier alpha value is -1.79. The van der Waals surface area contributed by atoms with Crippen LogP contribution in [-0.2, 0) is 13.1 Å². The van der Waals surface area contributed by atoms with Gasteiger partial charge >= 0.3 is 0 Å². The summed E-state index contributed by atoms with van der Waals surface area (Å²) in [6.07, 6.45) is 4.15. The number of hydrogen-bond donors (Lipinski definition) is 1. The second-order valence-corrected chi connectivity index (χ2v) is 6.32. The molecule has 1 aromatic carbocycles. The average Bonchev–Trinajstić information content (AvgIpc) is 2.88. The van der Waals surface area contributed by atoms with E-state index in [4.69, 9.17) is 5.26 Å². The van der Waals surface area contributed by atoms with Crippen molar-refractivity contribution < 1.29 is 0 Å². The van der Waals surface area contributed by atoms with Crippen LogP contribution in [0.25, 0.3) is 10.9 Å². The fraction of sp³-hybridized carbons (Fsp3) is 0.500. The van der Waals surface area contributed by atoms with Crippen molar-refractivity contribution >= 4 is 10.9 Å². The summed E-state index contributed by atoms with van der Waals surface area (Å²) in [5, 5.41) is 13.8. The number of rotatable bonds is 7. The fourth-order valence-electron chi connectivity index (χ4n) is 2.40. The van der Waals surface area contributed by atoms with Crippen molar-refractivity contribution in [2.75, 3.05) is 6.54 Å². The van der Waals surface area contributed by atoms with Gasteiger partial charge in [-0.2, -0.15) is 5.26 Å². The molecule has 0 saturated heterocycles. The van der Waals surface area contributed by atoms with E-state index < -0.39 is 0 Å². The zero-order valence-electron chi connectivity index (χ0n) is 13.3. The highest BCUT2D eigenvalue weighted by Crippen LogP contribution is 2.23. The van der Waals surface area contributed by atoms with E-state index in [-0.39, 0.29) is 5.41 Å². The van der Waals surface area contributed by atoms with Crippen molar-refractivity contribution in [1.82, 2.24) is 9.88 Å². The predicted molar refractivity (Wildman–Crippen MR) is 87.9 cm³/mol. The van der Waals surface area contributed by atoms with Gasteiger partial charge in [-0.1, -0.05) is 19.1 Å². The van der Waals surface area contributed by atoms with Crippen LogP contribution in [0.1, 0.15) is 39.2 Å². The lowest BCUT2D eigenvalue weighted by Gasteiger charge is -2.16. The predicted octanol–water partition coefficient (Wildman–Crippen LogP) is 4.08. The van der Waals surface area contributed by atoms with Crippen LogP contribution in [-0.4, -0.2) is 11.1 Å². The molecule has 1 heterocycles. The molecular weight excluding hydrogens is 258 g/mol. The second-order valence-electron chi connectivity index (χ2n) is 6.32. The number of nitrogens with zero attached hydrogens (tertiary/aromatic N) is 2. The molecule has 3 nitrogen and oxygen atoms in total. The van der Waals surface area contributed by atoms with E-state index >= 15 is 0 Å². The van der Waals surface area contributed by atoms with Crippen molar-refractivity contribution in [3.8, 4) is 6.07 Å². The monoisotopic (exact) mass is 283 g/mol. The number of nitriles is 1. The fourth-order valence-corrected chi connectivity index (χ4v) is 2.40. The minimum atomic E-state index is -0.267. The Morgan fingerprint density at radius 1 is 1.29 bits per heavy atom. The minimum absolute atomic E-state index is 0.267. The van der Waals surface area contributed by atoms with Gasteiger partial charge in [-0.25, -0.2) is 0 Å². The number of benzene rings is 1. The second kappa shape index (κ2) is 6.78. The van der Waals surface area contributed by atoms with Gasteiger partial charge in [0.2, 0.25) is 0 Å². The third-order valence-electron chi connectivity index (χ3n) is 3.87. The Labute approximate surface area is 127 Å².